The van der Waals surface area contributed by atoms with E-state index < -0.39 is 0 Å². The van der Waals surface area contributed by atoms with Crippen molar-refractivity contribution in [2.45, 2.75) is 32.7 Å². The van der Waals surface area contributed by atoms with Gasteiger partial charge in [-0.25, -0.2) is 4.79 Å². The largest absolute Gasteiger partial charge is 0.349 e. The van der Waals surface area contributed by atoms with Crippen LogP contribution < -0.4 is 10.6 Å². The molecule has 1 aliphatic heterocycles. The van der Waals surface area contributed by atoms with Crippen LogP contribution in [0.15, 0.2) is 48.5 Å². The number of amides is 3. The van der Waals surface area contributed by atoms with Crippen molar-refractivity contribution >= 4 is 23.4 Å². The van der Waals surface area contributed by atoms with Gasteiger partial charge in [-0.1, -0.05) is 29.8 Å². The van der Waals surface area contributed by atoms with Crippen LogP contribution in [0.25, 0.3) is 0 Å². The first-order valence-electron chi connectivity index (χ1n) is 9.47. The Balaban J connectivity index is 1.51. The summed E-state index contributed by atoms with van der Waals surface area (Å²) in [6, 6.07) is 14.3. The molecule has 2 aromatic rings. The zero-order valence-corrected chi connectivity index (χ0v) is 16.2. The first-order chi connectivity index (χ1) is 13.4. The molecular formula is C22H25N3O3. The summed E-state index contributed by atoms with van der Waals surface area (Å²) in [6.07, 6.45) is 1.41. The lowest BCUT2D eigenvalue weighted by molar-refractivity contribution is 0.0918. The molecule has 0 bridgehead atoms. The van der Waals surface area contributed by atoms with E-state index in [1.165, 1.54) is 6.92 Å². The standard InChI is InChI=1S/C22H25N3O3/c1-15-5-3-7-18(13-15)21(27)23-19-9-11-25(12-10-19)22(28)24-20-8-4-6-17(14-20)16(2)26/h3-8,13-14,19H,9-12H2,1-2H3,(H,23,27)(H,24,28). The Morgan fingerprint density at radius 2 is 1.64 bits per heavy atom. The quantitative estimate of drug-likeness (QED) is 0.797. The van der Waals surface area contributed by atoms with Gasteiger partial charge >= 0.3 is 6.03 Å². The molecule has 0 saturated carbocycles. The monoisotopic (exact) mass is 379 g/mol. The van der Waals surface area contributed by atoms with Crippen LogP contribution in [0.3, 0.4) is 0 Å². The number of anilines is 1. The average molecular weight is 379 g/mol. The number of ketones is 1. The third-order valence-corrected chi connectivity index (χ3v) is 4.92. The molecule has 1 heterocycles. The molecule has 6 nitrogen and oxygen atoms in total. The predicted octanol–water partition coefficient (Wildman–Crippen LogP) is 3.62. The van der Waals surface area contributed by atoms with Crippen LogP contribution in [0, 0.1) is 6.92 Å². The summed E-state index contributed by atoms with van der Waals surface area (Å²) in [4.78, 5) is 38.1. The fraction of sp³-hybridized carbons (Fsp3) is 0.318. The molecule has 3 amide bonds. The molecule has 0 aliphatic carbocycles. The number of rotatable bonds is 4. The minimum Gasteiger partial charge on any atom is -0.349 e. The highest BCUT2D eigenvalue weighted by molar-refractivity contribution is 5.97. The normalized spacial score (nSPS) is 14.4. The summed E-state index contributed by atoms with van der Waals surface area (Å²) in [5.74, 6) is -0.117. The van der Waals surface area contributed by atoms with Gasteiger partial charge in [-0.3, -0.25) is 9.59 Å². The zero-order valence-electron chi connectivity index (χ0n) is 16.2. The Morgan fingerprint density at radius 3 is 2.32 bits per heavy atom. The number of nitrogens with one attached hydrogen (secondary N) is 2. The van der Waals surface area contributed by atoms with Crippen molar-refractivity contribution < 1.29 is 14.4 Å². The second-order valence-electron chi connectivity index (χ2n) is 7.17. The molecule has 6 heteroatoms. The number of carbonyl (C=O) groups is 3. The first kappa shape index (κ1) is 19.6. The molecule has 0 radical (unpaired) electrons. The van der Waals surface area contributed by atoms with E-state index in [-0.39, 0.29) is 23.8 Å². The molecule has 0 atom stereocenters. The van der Waals surface area contributed by atoms with Gasteiger partial charge in [-0.05, 0) is 51.0 Å². The Labute approximate surface area is 164 Å². The summed E-state index contributed by atoms with van der Waals surface area (Å²) in [7, 11) is 0. The average Bonchev–Trinajstić information content (AvgIpc) is 2.68. The van der Waals surface area contributed by atoms with Gasteiger partial charge in [0.15, 0.2) is 5.78 Å². The van der Waals surface area contributed by atoms with Gasteiger partial charge in [0.25, 0.3) is 5.91 Å². The molecule has 2 N–H and O–H groups in total. The highest BCUT2D eigenvalue weighted by Crippen LogP contribution is 2.16. The molecule has 3 rings (SSSR count). The van der Waals surface area contributed by atoms with E-state index in [1.54, 1.807) is 35.2 Å². The second kappa shape index (κ2) is 8.69. The van der Waals surface area contributed by atoms with Crippen LogP contribution in [-0.4, -0.2) is 41.8 Å². The minimum absolute atomic E-state index is 0.0405. The van der Waals surface area contributed by atoms with Crippen LogP contribution in [0.5, 0.6) is 0 Å². The first-order valence-corrected chi connectivity index (χ1v) is 9.47. The number of piperidine rings is 1. The summed E-state index contributed by atoms with van der Waals surface area (Å²) < 4.78 is 0. The predicted molar refractivity (Wildman–Crippen MR) is 109 cm³/mol. The number of nitrogens with zero attached hydrogens (tertiary/aromatic N) is 1. The van der Waals surface area contributed by atoms with Gasteiger partial charge in [0.2, 0.25) is 0 Å². The maximum absolute atomic E-state index is 12.5. The molecule has 2 aromatic carbocycles. The van der Waals surface area contributed by atoms with E-state index in [0.717, 1.165) is 5.56 Å². The van der Waals surface area contributed by atoms with Gasteiger partial charge in [0.1, 0.15) is 0 Å². The number of carbonyl (C=O) groups excluding carboxylic acids is 3. The Bertz CT molecular complexity index is 886. The van der Waals surface area contributed by atoms with Crippen molar-refractivity contribution in [3.63, 3.8) is 0 Å². The maximum atomic E-state index is 12.5. The smallest absolute Gasteiger partial charge is 0.321 e. The number of urea groups is 1. The maximum Gasteiger partial charge on any atom is 0.321 e. The molecular weight excluding hydrogens is 354 g/mol. The molecule has 0 spiro atoms. The van der Waals surface area contributed by atoms with Gasteiger partial charge in [0, 0.05) is 35.9 Å². The van der Waals surface area contributed by atoms with Crippen molar-refractivity contribution in [1.82, 2.24) is 10.2 Å². The highest BCUT2D eigenvalue weighted by Gasteiger charge is 2.24. The molecule has 1 saturated heterocycles. The summed E-state index contributed by atoms with van der Waals surface area (Å²) >= 11 is 0. The molecule has 0 unspecified atom stereocenters. The number of hydrogen-bond donors (Lipinski definition) is 2. The van der Waals surface area contributed by atoms with E-state index in [0.29, 0.717) is 42.7 Å². The SMILES string of the molecule is CC(=O)c1cccc(NC(=O)N2CCC(NC(=O)c3cccc(C)c3)CC2)c1. The number of benzene rings is 2. The lowest BCUT2D eigenvalue weighted by atomic mass is 10.0. The fourth-order valence-electron chi connectivity index (χ4n) is 3.30. The molecule has 1 fully saturated rings. The van der Waals surface area contributed by atoms with Crippen molar-refractivity contribution in [1.29, 1.82) is 0 Å². The Hall–Kier alpha value is -3.15. The van der Waals surface area contributed by atoms with Crippen molar-refractivity contribution in [3.05, 3.63) is 65.2 Å². The van der Waals surface area contributed by atoms with Crippen molar-refractivity contribution in [2.75, 3.05) is 18.4 Å². The van der Waals surface area contributed by atoms with Crippen LogP contribution in [-0.2, 0) is 0 Å². The van der Waals surface area contributed by atoms with Crippen LogP contribution >= 0.6 is 0 Å². The molecule has 146 valence electrons. The Kier molecular flexibility index (Phi) is 6.09. The number of hydrogen-bond acceptors (Lipinski definition) is 3. The second-order valence-corrected chi connectivity index (χ2v) is 7.17. The lowest BCUT2D eigenvalue weighted by Crippen LogP contribution is -2.47. The van der Waals surface area contributed by atoms with Crippen LogP contribution in [0.1, 0.15) is 46.0 Å². The van der Waals surface area contributed by atoms with Crippen LogP contribution in [0.4, 0.5) is 10.5 Å². The summed E-state index contributed by atoms with van der Waals surface area (Å²) in [5, 5.41) is 5.90. The van der Waals surface area contributed by atoms with Gasteiger partial charge in [0.05, 0.1) is 0 Å². The molecule has 1 aliphatic rings. The van der Waals surface area contributed by atoms with Gasteiger partial charge in [-0.15, -0.1) is 0 Å². The third-order valence-electron chi connectivity index (χ3n) is 4.92. The van der Waals surface area contributed by atoms with Crippen molar-refractivity contribution in [2.24, 2.45) is 0 Å². The topological polar surface area (TPSA) is 78.5 Å². The van der Waals surface area contributed by atoms with E-state index >= 15 is 0 Å². The minimum atomic E-state index is -0.191. The number of likely N-dealkylation sites (tertiary alicyclic amines) is 1. The highest BCUT2D eigenvalue weighted by atomic mass is 16.2. The number of aryl methyl sites for hydroxylation is 1. The van der Waals surface area contributed by atoms with Crippen molar-refractivity contribution in [3.8, 4) is 0 Å². The summed E-state index contributed by atoms with van der Waals surface area (Å²) in [6.45, 7) is 4.59. The summed E-state index contributed by atoms with van der Waals surface area (Å²) in [5.41, 5.74) is 2.88. The van der Waals surface area contributed by atoms with E-state index in [9.17, 15) is 14.4 Å². The van der Waals surface area contributed by atoms with E-state index in [4.69, 9.17) is 0 Å². The van der Waals surface area contributed by atoms with E-state index in [1.807, 2.05) is 25.1 Å². The molecule has 0 aromatic heterocycles. The fourth-order valence-corrected chi connectivity index (χ4v) is 3.30. The number of Topliss-reactive ketones (excluding diaryl/α,β-unsaturated/α-hetero) is 1. The van der Waals surface area contributed by atoms with Gasteiger partial charge in [-0.2, -0.15) is 0 Å². The van der Waals surface area contributed by atoms with E-state index in [2.05, 4.69) is 10.6 Å². The zero-order chi connectivity index (χ0) is 20.1. The third kappa shape index (κ3) is 4.97. The molecule has 28 heavy (non-hydrogen) atoms. The van der Waals surface area contributed by atoms with Crippen LogP contribution in [0.2, 0.25) is 0 Å². The van der Waals surface area contributed by atoms with Gasteiger partial charge < -0.3 is 15.5 Å². The lowest BCUT2D eigenvalue weighted by Gasteiger charge is -2.32. The Morgan fingerprint density at radius 1 is 0.964 bits per heavy atom.